The maximum Gasteiger partial charge on any atom is 0.321 e. The van der Waals surface area contributed by atoms with Gasteiger partial charge in [0.15, 0.2) is 5.78 Å². The van der Waals surface area contributed by atoms with E-state index in [4.69, 9.17) is 4.74 Å². The third-order valence-corrected chi connectivity index (χ3v) is 4.76. The Labute approximate surface area is 161 Å². The van der Waals surface area contributed by atoms with E-state index in [1.54, 1.807) is 24.3 Å². The molecule has 0 saturated carbocycles. The topological polar surface area (TPSA) is 43.4 Å². The Balaban J connectivity index is 1.51. The highest BCUT2D eigenvalue weighted by molar-refractivity contribution is 7.99. The van der Waals surface area contributed by atoms with Crippen molar-refractivity contribution in [1.82, 2.24) is 0 Å². The smallest absolute Gasteiger partial charge is 0.321 e. The van der Waals surface area contributed by atoms with Crippen LogP contribution in [-0.2, 0) is 10.5 Å². The van der Waals surface area contributed by atoms with Gasteiger partial charge in [0.05, 0.1) is 5.75 Å². The van der Waals surface area contributed by atoms with Gasteiger partial charge in [-0.15, -0.1) is 11.8 Å². The first-order valence-electron chi connectivity index (χ1n) is 8.34. The Kier molecular flexibility index (Phi) is 6.39. The molecule has 5 heteroatoms. The van der Waals surface area contributed by atoms with E-state index in [-0.39, 0.29) is 23.3 Å². The summed E-state index contributed by atoms with van der Waals surface area (Å²) in [5.74, 6) is 0.418. The van der Waals surface area contributed by atoms with E-state index in [0.717, 1.165) is 11.3 Å². The molecule has 3 aromatic carbocycles. The van der Waals surface area contributed by atoms with Gasteiger partial charge in [0, 0.05) is 16.9 Å². The van der Waals surface area contributed by atoms with Crippen molar-refractivity contribution in [1.29, 1.82) is 0 Å². The second-order valence-corrected chi connectivity index (χ2v) is 6.80. The van der Waals surface area contributed by atoms with E-state index >= 15 is 0 Å². The van der Waals surface area contributed by atoms with Gasteiger partial charge in [0.2, 0.25) is 0 Å². The molecule has 0 N–H and O–H groups in total. The predicted molar refractivity (Wildman–Crippen MR) is 105 cm³/mol. The number of thioether (sulfide) groups is 1. The van der Waals surface area contributed by atoms with Gasteiger partial charge in [-0.1, -0.05) is 30.3 Å². The van der Waals surface area contributed by atoms with Crippen LogP contribution in [0.1, 0.15) is 21.5 Å². The first-order valence-corrected chi connectivity index (χ1v) is 9.50. The fourth-order valence-corrected chi connectivity index (χ4v) is 3.19. The van der Waals surface area contributed by atoms with Crippen LogP contribution in [0.15, 0.2) is 78.9 Å². The second-order valence-electron chi connectivity index (χ2n) is 5.81. The van der Waals surface area contributed by atoms with Crippen molar-refractivity contribution in [3.8, 4) is 5.75 Å². The van der Waals surface area contributed by atoms with E-state index in [1.807, 2.05) is 30.3 Å². The molecule has 3 aromatic rings. The van der Waals surface area contributed by atoms with Crippen LogP contribution < -0.4 is 4.74 Å². The summed E-state index contributed by atoms with van der Waals surface area (Å²) in [4.78, 5) is 24.3. The van der Waals surface area contributed by atoms with Crippen molar-refractivity contribution in [2.75, 3.05) is 5.75 Å². The maximum atomic E-state index is 13.0. The zero-order valence-electron chi connectivity index (χ0n) is 14.4. The highest BCUT2D eigenvalue weighted by Gasteiger charge is 2.10. The summed E-state index contributed by atoms with van der Waals surface area (Å²) in [6.07, 6.45) is 0. The average Bonchev–Trinajstić information content (AvgIpc) is 2.69. The monoisotopic (exact) mass is 380 g/mol. The van der Waals surface area contributed by atoms with Crippen molar-refractivity contribution < 1.29 is 18.7 Å². The first kappa shape index (κ1) is 18.9. The van der Waals surface area contributed by atoms with Crippen LogP contribution in [0.4, 0.5) is 4.39 Å². The third-order valence-electron chi connectivity index (χ3n) is 3.79. The molecule has 3 nitrogen and oxygen atoms in total. The quantitative estimate of drug-likeness (QED) is 0.332. The molecule has 0 aliphatic heterocycles. The number of hydrogen-bond acceptors (Lipinski definition) is 4. The van der Waals surface area contributed by atoms with Crippen LogP contribution >= 0.6 is 11.8 Å². The molecule has 0 spiro atoms. The van der Waals surface area contributed by atoms with Gasteiger partial charge in [-0.3, -0.25) is 9.59 Å². The van der Waals surface area contributed by atoms with E-state index in [0.29, 0.717) is 16.9 Å². The minimum Gasteiger partial charge on any atom is -0.426 e. The molecule has 3 rings (SSSR count). The zero-order chi connectivity index (χ0) is 19.1. The Morgan fingerprint density at radius 1 is 0.815 bits per heavy atom. The number of rotatable bonds is 7. The Bertz CT molecular complexity index is 907. The fraction of sp³-hybridized carbons (Fsp3) is 0.0909. The Morgan fingerprint density at radius 2 is 1.41 bits per heavy atom. The molecule has 0 fully saturated rings. The summed E-state index contributed by atoms with van der Waals surface area (Å²) < 4.78 is 18.2. The Hall–Kier alpha value is -2.92. The van der Waals surface area contributed by atoms with Crippen LogP contribution in [-0.4, -0.2) is 17.5 Å². The lowest BCUT2D eigenvalue weighted by molar-refractivity contribution is -0.131. The maximum absolute atomic E-state index is 13.0. The molecular formula is C22H17FO3S. The van der Waals surface area contributed by atoms with Crippen molar-refractivity contribution >= 4 is 23.5 Å². The molecule has 0 aliphatic rings. The van der Waals surface area contributed by atoms with E-state index in [1.165, 1.54) is 36.0 Å². The predicted octanol–water partition coefficient (Wildman–Crippen LogP) is 4.90. The summed E-state index contributed by atoms with van der Waals surface area (Å²) in [7, 11) is 0. The lowest BCUT2D eigenvalue weighted by Crippen LogP contribution is -2.11. The molecule has 0 bridgehead atoms. The summed E-state index contributed by atoms with van der Waals surface area (Å²) in [5.41, 5.74) is 2.00. The lowest BCUT2D eigenvalue weighted by Gasteiger charge is -2.06. The largest absolute Gasteiger partial charge is 0.426 e. The molecule has 0 aromatic heterocycles. The molecule has 0 heterocycles. The number of carbonyl (C=O) groups is 2. The molecule has 0 radical (unpaired) electrons. The van der Waals surface area contributed by atoms with E-state index < -0.39 is 0 Å². The summed E-state index contributed by atoms with van der Waals surface area (Å²) in [5, 5.41) is 0. The van der Waals surface area contributed by atoms with Crippen LogP contribution in [0.25, 0.3) is 0 Å². The van der Waals surface area contributed by atoms with Crippen molar-refractivity contribution in [2.24, 2.45) is 0 Å². The third kappa shape index (κ3) is 5.53. The van der Waals surface area contributed by atoms with Gasteiger partial charge in [0.1, 0.15) is 11.6 Å². The van der Waals surface area contributed by atoms with Crippen LogP contribution in [0.3, 0.4) is 0 Å². The summed E-state index contributed by atoms with van der Waals surface area (Å²) in [6, 6.07) is 21.6. The number of hydrogen-bond donors (Lipinski definition) is 0. The number of benzene rings is 3. The first-order chi connectivity index (χ1) is 13.1. The molecular weight excluding hydrogens is 363 g/mol. The molecule has 27 heavy (non-hydrogen) atoms. The number of ether oxygens (including phenoxy) is 1. The van der Waals surface area contributed by atoms with Gasteiger partial charge >= 0.3 is 5.97 Å². The fourth-order valence-electron chi connectivity index (χ4n) is 2.43. The van der Waals surface area contributed by atoms with Gasteiger partial charge in [-0.2, -0.15) is 0 Å². The molecule has 0 atom stereocenters. The summed E-state index contributed by atoms with van der Waals surface area (Å²) >= 11 is 1.48. The second kappa shape index (κ2) is 9.14. The van der Waals surface area contributed by atoms with Gasteiger partial charge in [0.25, 0.3) is 0 Å². The average molecular weight is 380 g/mol. The van der Waals surface area contributed by atoms with E-state index in [2.05, 4.69) is 0 Å². The zero-order valence-corrected chi connectivity index (χ0v) is 15.2. The molecule has 0 saturated heterocycles. The highest BCUT2D eigenvalue weighted by Crippen LogP contribution is 2.17. The molecule has 0 unspecified atom stereocenters. The molecule has 0 aliphatic carbocycles. The van der Waals surface area contributed by atoms with Gasteiger partial charge in [-0.05, 0) is 54.1 Å². The standard InChI is InChI=1S/C22H17FO3S/c23-19-10-6-17(7-11-19)22(25)18-8-12-20(13-9-18)26-21(24)15-27-14-16-4-2-1-3-5-16/h1-13H,14-15H2. The van der Waals surface area contributed by atoms with Crippen molar-refractivity contribution in [3.63, 3.8) is 0 Å². The Morgan fingerprint density at radius 3 is 2.04 bits per heavy atom. The minimum absolute atomic E-state index is 0.216. The minimum atomic E-state index is -0.390. The summed E-state index contributed by atoms with van der Waals surface area (Å²) in [6.45, 7) is 0. The molecule has 0 amide bonds. The van der Waals surface area contributed by atoms with Gasteiger partial charge < -0.3 is 4.74 Å². The number of carbonyl (C=O) groups excluding carboxylic acids is 2. The SMILES string of the molecule is O=C(CSCc1ccccc1)Oc1ccc(C(=O)c2ccc(F)cc2)cc1. The number of ketones is 1. The lowest BCUT2D eigenvalue weighted by atomic mass is 10.0. The van der Waals surface area contributed by atoms with E-state index in [9.17, 15) is 14.0 Å². The van der Waals surface area contributed by atoms with Crippen molar-refractivity contribution in [3.05, 3.63) is 101 Å². The molecule has 136 valence electrons. The van der Waals surface area contributed by atoms with Crippen molar-refractivity contribution in [2.45, 2.75) is 5.75 Å². The van der Waals surface area contributed by atoms with Gasteiger partial charge in [-0.25, -0.2) is 4.39 Å². The van der Waals surface area contributed by atoms with Crippen LogP contribution in [0.5, 0.6) is 5.75 Å². The van der Waals surface area contributed by atoms with Crippen LogP contribution in [0, 0.1) is 5.82 Å². The highest BCUT2D eigenvalue weighted by atomic mass is 32.2. The number of halogens is 1. The normalized spacial score (nSPS) is 10.4. The van der Waals surface area contributed by atoms with Crippen LogP contribution in [0.2, 0.25) is 0 Å². The number of esters is 1.